The van der Waals surface area contributed by atoms with E-state index in [0.29, 0.717) is 51.3 Å². The fourth-order valence-electron chi connectivity index (χ4n) is 3.37. The maximum absolute atomic E-state index is 12.8. The molecule has 1 amide bonds. The molecule has 0 aromatic carbocycles. The van der Waals surface area contributed by atoms with Crippen molar-refractivity contribution in [1.82, 2.24) is 14.9 Å². The quantitative estimate of drug-likeness (QED) is 0.906. The van der Waals surface area contributed by atoms with Gasteiger partial charge in [0.05, 0.1) is 36.7 Å². The van der Waals surface area contributed by atoms with Crippen LogP contribution < -0.4 is 5.32 Å². The van der Waals surface area contributed by atoms with Crippen LogP contribution in [-0.2, 0) is 16.0 Å². The molecule has 0 aliphatic carbocycles. The van der Waals surface area contributed by atoms with Gasteiger partial charge >= 0.3 is 0 Å². The predicted octanol–water partition coefficient (Wildman–Crippen LogP) is 2.07. The third-order valence-corrected chi connectivity index (χ3v) is 4.81. The van der Waals surface area contributed by atoms with E-state index >= 15 is 0 Å². The van der Waals surface area contributed by atoms with Crippen molar-refractivity contribution in [1.29, 1.82) is 0 Å². The molecular weight excluding hydrogens is 332 g/mol. The number of ether oxygens (including phenoxy) is 2. The van der Waals surface area contributed by atoms with Crippen LogP contribution in [-0.4, -0.2) is 52.9 Å². The molecule has 0 unspecified atom stereocenters. The standard InChI is InChI=1S/C19H22N4O3/c24-18(23-7-4-19(5-8-23)25-9-10-26-19)15-11-17(13-20-12-15)22-14-16-3-1-2-6-21-16/h1-3,6,11-13,22H,4-5,7-10,14H2. The minimum Gasteiger partial charge on any atom is -0.378 e. The van der Waals surface area contributed by atoms with E-state index in [1.807, 2.05) is 29.2 Å². The maximum Gasteiger partial charge on any atom is 0.255 e. The van der Waals surface area contributed by atoms with E-state index < -0.39 is 5.79 Å². The third kappa shape index (κ3) is 3.68. The molecular formula is C19H22N4O3. The van der Waals surface area contributed by atoms with Crippen LogP contribution in [0.4, 0.5) is 5.69 Å². The van der Waals surface area contributed by atoms with Crippen LogP contribution in [0.2, 0.25) is 0 Å². The Hall–Kier alpha value is -2.51. The summed E-state index contributed by atoms with van der Waals surface area (Å²) < 4.78 is 11.4. The van der Waals surface area contributed by atoms with Gasteiger partial charge in [0.15, 0.2) is 5.79 Å². The fraction of sp³-hybridized carbons (Fsp3) is 0.421. The first-order valence-electron chi connectivity index (χ1n) is 8.90. The monoisotopic (exact) mass is 354 g/mol. The second kappa shape index (κ2) is 7.39. The molecule has 7 nitrogen and oxygen atoms in total. The highest BCUT2D eigenvalue weighted by Crippen LogP contribution is 2.31. The zero-order valence-corrected chi connectivity index (χ0v) is 14.6. The lowest BCUT2D eigenvalue weighted by molar-refractivity contribution is -0.181. The van der Waals surface area contributed by atoms with Crippen LogP contribution in [0, 0.1) is 0 Å². The number of carbonyl (C=O) groups is 1. The third-order valence-electron chi connectivity index (χ3n) is 4.81. The first-order valence-corrected chi connectivity index (χ1v) is 8.90. The highest BCUT2D eigenvalue weighted by atomic mass is 16.7. The SMILES string of the molecule is O=C(c1cncc(NCc2ccccn2)c1)N1CCC2(CC1)OCCO2. The number of aromatic nitrogens is 2. The summed E-state index contributed by atoms with van der Waals surface area (Å²) in [4.78, 5) is 23.1. The number of carbonyl (C=O) groups excluding carboxylic acids is 1. The number of rotatable bonds is 4. The Morgan fingerprint density at radius 2 is 2.00 bits per heavy atom. The number of nitrogens with zero attached hydrogens (tertiary/aromatic N) is 3. The largest absolute Gasteiger partial charge is 0.378 e. The van der Waals surface area contributed by atoms with Gasteiger partial charge in [-0.15, -0.1) is 0 Å². The van der Waals surface area contributed by atoms with Crippen molar-refractivity contribution in [2.45, 2.75) is 25.2 Å². The molecule has 2 fully saturated rings. The van der Waals surface area contributed by atoms with Gasteiger partial charge in [-0.2, -0.15) is 0 Å². The fourth-order valence-corrected chi connectivity index (χ4v) is 3.37. The molecule has 7 heteroatoms. The minimum absolute atomic E-state index is 0.00756. The number of hydrogen-bond acceptors (Lipinski definition) is 6. The molecule has 2 saturated heterocycles. The predicted molar refractivity (Wildman–Crippen MR) is 95.6 cm³/mol. The number of piperidine rings is 1. The van der Waals surface area contributed by atoms with E-state index in [0.717, 1.165) is 11.4 Å². The lowest BCUT2D eigenvalue weighted by Crippen LogP contribution is -2.47. The molecule has 26 heavy (non-hydrogen) atoms. The molecule has 2 aromatic heterocycles. The first-order chi connectivity index (χ1) is 12.7. The van der Waals surface area contributed by atoms with Crippen molar-refractivity contribution in [2.75, 3.05) is 31.6 Å². The van der Waals surface area contributed by atoms with Crippen molar-refractivity contribution in [3.8, 4) is 0 Å². The summed E-state index contributed by atoms with van der Waals surface area (Å²) in [6, 6.07) is 7.62. The van der Waals surface area contributed by atoms with Crippen LogP contribution >= 0.6 is 0 Å². The van der Waals surface area contributed by atoms with Gasteiger partial charge in [0.2, 0.25) is 0 Å². The summed E-state index contributed by atoms with van der Waals surface area (Å²) in [5, 5.41) is 3.26. The van der Waals surface area contributed by atoms with Gasteiger partial charge in [0.25, 0.3) is 5.91 Å². The number of anilines is 1. The Labute approximate surface area is 152 Å². The maximum atomic E-state index is 12.8. The van der Waals surface area contributed by atoms with E-state index in [2.05, 4.69) is 15.3 Å². The topological polar surface area (TPSA) is 76.6 Å². The second-order valence-electron chi connectivity index (χ2n) is 6.54. The smallest absolute Gasteiger partial charge is 0.255 e. The van der Waals surface area contributed by atoms with Crippen LogP contribution in [0.5, 0.6) is 0 Å². The lowest BCUT2D eigenvalue weighted by atomic mass is 10.0. The molecule has 1 spiro atoms. The van der Waals surface area contributed by atoms with Gasteiger partial charge in [-0.25, -0.2) is 0 Å². The van der Waals surface area contributed by atoms with Gasteiger partial charge in [-0.1, -0.05) is 6.07 Å². The van der Waals surface area contributed by atoms with E-state index in [9.17, 15) is 4.79 Å². The molecule has 1 N–H and O–H groups in total. The molecule has 0 atom stereocenters. The highest BCUT2D eigenvalue weighted by molar-refractivity contribution is 5.94. The minimum atomic E-state index is -0.471. The molecule has 0 radical (unpaired) electrons. The van der Waals surface area contributed by atoms with Gasteiger partial charge in [0, 0.05) is 44.5 Å². The molecule has 2 aliphatic rings. The average molecular weight is 354 g/mol. The Morgan fingerprint density at radius 3 is 2.73 bits per heavy atom. The number of hydrogen-bond donors (Lipinski definition) is 1. The van der Waals surface area contributed by atoms with Crippen molar-refractivity contribution >= 4 is 11.6 Å². The average Bonchev–Trinajstić information content (AvgIpc) is 3.15. The van der Waals surface area contributed by atoms with E-state index in [-0.39, 0.29) is 5.91 Å². The second-order valence-corrected chi connectivity index (χ2v) is 6.54. The number of pyridine rings is 2. The summed E-state index contributed by atoms with van der Waals surface area (Å²) in [6.07, 6.45) is 6.51. The lowest BCUT2D eigenvalue weighted by Gasteiger charge is -2.37. The molecule has 2 aliphatic heterocycles. The van der Waals surface area contributed by atoms with Crippen LogP contribution in [0.1, 0.15) is 28.9 Å². The van der Waals surface area contributed by atoms with E-state index in [4.69, 9.17) is 9.47 Å². The zero-order valence-electron chi connectivity index (χ0n) is 14.6. The zero-order chi connectivity index (χ0) is 17.8. The van der Waals surface area contributed by atoms with Crippen molar-refractivity contribution in [2.24, 2.45) is 0 Å². The van der Waals surface area contributed by atoms with Gasteiger partial charge in [0.1, 0.15) is 0 Å². The normalized spacial score (nSPS) is 18.8. The van der Waals surface area contributed by atoms with Crippen molar-refractivity contribution in [3.05, 3.63) is 54.1 Å². The number of amides is 1. The summed E-state index contributed by atoms with van der Waals surface area (Å²) >= 11 is 0. The number of nitrogens with one attached hydrogen (secondary N) is 1. The summed E-state index contributed by atoms with van der Waals surface area (Å²) in [7, 11) is 0. The summed E-state index contributed by atoms with van der Waals surface area (Å²) in [5.74, 6) is -0.479. The van der Waals surface area contributed by atoms with Crippen molar-refractivity contribution in [3.63, 3.8) is 0 Å². The van der Waals surface area contributed by atoms with Crippen molar-refractivity contribution < 1.29 is 14.3 Å². The van der Waals surface area contributed by atoms with Gasteiger partial charge in [-0.05, 0) is 18.2 Å². The van der Waals surface area contributed by atoms with Crippen LogP contribution in [0.15, 0.2) is 42.9 Å². The number of likely N-dealkylation sites (tertiary alicyclic amines) is 1. The van der Waals surface area contributed by atoms with E-state index in [1.54, 1.807) is 18.6 Å². The van der Waals surface area contributed by atoms with Crippen LogP contribution in [0.25, 0.3) is 0 Å². The summed E-state index contributed by atoms with van der Waals surface area (Å²) in [6.45, 7) is 3.12. The van der Waals surface area contributed by atoms with Gasteiger partial charge < -0.3 is 19.7 Å². The summed E-state index contributed by atoms with van der Waals surface area (Å²) in [5.41, 5.74) is 2.32. The molecule has 0 bridgehead atoms. The Kier molecular flexibility index (Phi) is 4.81. The first kappa shape index (κ1) is 16.9. The molecule has 0 saturated carbocycles. The molecule has 2 aromatic rings. The molecule has 136 valence electrons. The van der Waals surface area contributed by atoms with E-state index in [1.165, 1.54) is 0 Å². The Morgan fingerprint density at radius 1 is 1.19 bits per heavy atom. The van der Waals surface area contributed by atoms with Crippen LogP contribution in [0.3, 0.4) is 0 Å². The molecule has 4 rings (SSSR count). The Balaban J connectivity index is 1.37. The highest BCUT2D eigenvalue weighted by Gasteiger charge is 2.40. The molecule has 4 heterocycles. The van der Waals surface area contributed by atoms with Gasteiger partial charge in [-0.3, -0.25) is 14.8 Å². The Bertz CT molecular complexity index is 752.